The first-order valence-corrected chi connectivity index (χ1v) is 41.1. The van der Waals surface area contributed by atoms with Gasteiger partial charge in [-0.1, -0.05) is 208 Å². The molecule has 6 aliphatic rings. The Morgan fingerprint density at radius 2 is 0.806 bits per heavy atom. The van der Waals surface area contributed by atoms with Crippen LogP contribution in [-0.2, 0) is 83.0 Å². The lowest BCUT2D eigenvalue weighted by molar-refractivity contribution is -0.155. The number of aryl methyl sites for hydroxylation is 4. The number of para-hydroxylation sites is 4. The van der Waals surface area contributed by atoms with Crippen molar-refractivity contribution in [2.24, 2.45) is 0 Å². The van der Waals surface area contributed by atoms with Gasteiger partial charge in [0.05, 0.1) is 63.1 Å². The van der Waals surface area contributed by atoms with Gasteiger partial charge in [0.2, 0.25) is 23.6 Å². The number of aliphatic hydroxyl groups excluding tert-OH is 1. The number of nitrogens with zero attached hydrogens (tertiary/aromatic N) is 5. The highest BCUT2D eigenvalue weighted by atomic mass is 32.1. The number of ether oxygens (including phenoxy) is 3. The Kier molecular flexibility index (Phi) is 40.6. The third-order valence-corrected chi connectivity index (χ3v) is 22.0. The van der Waals surface area contributed by atoms with Gasteiger partial charge in [0.15, 0.2) is 5.78 Å². The second-order valence-corrected chi connectivity index (χ2v) is 31.3. The predicted octanol–water partition coefficient (Wildman–Crippen LogP) is 14.3. The van der Waals surface area contributed by atoms with E-state index < -0.39 is 48.3 Å². The van der Waals surface area contributed by atoms with Crippen LogP contribution in [0.2, 0.25) is 0 Å². The van der Waals surface area contributed by atoms with Crippen LogP contribution in [0.4, 0.5) is 27.5 Å². The molecular formula is C97H120N8O15S4. The Labute approximate surface area is 756 Å². The third-order valence-electron chi connectivity index (χ3n) is 22.0. The van der Waals surface area contributed by atoms with E-state index in [0.717, 1.165) is 81.7 Å². The van der Waals surface area contributed by atoms with E-state index in [2.05, 4.69) is 22.5 Å². The summed E-state index contributed by atoms with van der Waals surface area (Å²) in [5, 5.41) is 20.7. The Morgan fingerprint density at radius 1 is 0.452 bits per heavy atom. The van der Waals surface area contributed by atoms with Crippen LogP contribution in [0.5, 0.6) is 0 Å². The van der Waals surface area contributed by atoms with Gasteiger partial charge in [-0.3, -0.25) is 53.4 Å². The first kappa shape index (κ1) is 102. The minimum Gasteiger partial charge on any atom is -0.489 e. The monoisotopic (exact) mass is 1760 g/mol. The van der Waals surface area contributed by atoms with E-state index in [1.165, 1.54) is 37.5 Å². The Morgan fingerprint density at radius 3 is 1.23 bits per heavy atom. The van der Waals surface area contributed by atoms with E-state index in [1.54, 1.807) is 45.9 Å². The number of cyclic esters (lactones) is 1. The molecule has 11 atom stereocenters. The number of hydrogen-bond donors (Lipinski definition) is 4. The number of Topliss-reactive ketones (excluding diaryl/α,β-unsaturated/α-hetero) is 5. The summed E-state index contributed by atoms with van der Waals surface area (Å²) >= 11 is 0. The summed E-state index contributed by atoms with van der Waals surface area (Å²) in [6, 6.07) is 65.2. The molecule has 2 saturated heterocycles. The van der Waals surface area contributed by atoms with Crippen molar-refractivity contribution in [3.8, 4) is 0 Å². The van der Waals surface area contributed by atoms with E-state index in [-0.39, 0.29) is 184 Å². The molecule has 7 unspecified atom stereocenters. The second kappa shape index (κ2) is 49.3. The zero-order chi connectivity index (χ0) is 84.8. The molecule has 8 aromatic carbocycles. The molecule has 8 aromatic rings. The second-order valence-electron chi connectivity index (χ2n) is 31.3. The third kappa shape index (κ3) is 27.0. The lowest BCUT2D eigenvalue weighted by Crippen LogP contribution is -2.60. The largest absolute Gasteiger partial charge is 0.489 e. The number of ketones is 5. The summed E-state index contributed by atoms with van der Waals surface area (Å²) in [4.78, 5) is 147. The molecule has 27 heteroatoms. The molecule has 5 amide bonds. The molecule has 6 aliphatic heterocycles. The molecule has 0 spiro atoms. The number of amides is 5. The van der Waals surface area contributed by atoms with Crippen LogP contribution in [0, 0.1) is 0 Å². The van der Waals surface area contributed by atoms with Crippen molar-refractivity contribution in [3.63, 3.8) is 0 Å². The van der Waals surface area contributed by atoms with Crippen LogP contribution < -0.4 is 35.6 Å². The Hall–Kier alpha value is -10.5. The lowest BCUT2D eigenvalue weighted by Gasteiger charge is -2.41. The van der Waals surface area contributed by atoms with Gasteiger partial charge in [-0.25, -0.2) is 9.59 Å². The maximum atomic E-state index is 13.7. The molecule has 23 nitrogen and oxygen atoms in total. The number of carbonyl (C=O) groups is 11. The van der Waals surface area contributed by atoms with Gasteiger partial charge >= 0.3 is 12.1 Å². The number of esters is 1. The zero-order valence-electron chi connectivity index (χ0n) is 70.8. The number of carbonyl (C=O) groups excluding carboxylic acids is 11. The topological polar surface area (TPSA) is 288 Å². The van der Waals surface area contributed by atoms with E-state index in [9.17, 15) is 57.8 Å². The van der Waals surface area contributed by atoms with Crippen LogP contribution in [0.1, 0.15) is 175 Å². The summed E-state index contributed by atoms with van der Waals surface area (Å²) in [7, 11) is 0. The quantitative estimate of drug-likeness (QED) is 0.0305. The van der Waals surface area contributed by atoms with Gasteiger partial charge in [-0.2, -0.15) is 54.0 Å². The van der Waals surface area contributed by atoms with Crippen molar-refractivity contribution >= 4 is 141 Å². The molecule has 0 aromatic heterocycles. The molecule has 0 aliphatic carbocycles. The minimum atomic E-state index is -0.985. The summed E-state index contributed by atoms with van der Waals surface area (Å²) in [6.45, 7) is 15.8. The van der Waals surface area contributed by atoms with Crippen molar-refractivity contribution in [1.82, 2.24) is 20.9 Å². The Bertz CT molecular complexity index is 4940. The van der Waals surface area contributed by atoms with Gasteiger partial charge in [-0.15, -0.1) is 0 Å². The molecule has 0 bridgehead atoms. The predicted molar refractivity (Wildman–Crippen MR) is 505 cm³/mol. The number of aliphatic hydroxyl groups is 1. The van der Waals surface area contributed by atoms with Crippen LogP contribution in [0.15, 0.2) is 231 Å². The van der Waals surface area contributed by atoms with Crippen molar-refractivity contribution in [1.29, 1.82) is 0 Å². The first-order chi connectivity index (χ1) is 57.3. The van der Waals surface area contributed by atoms with Crippen LogP contribution in [0.25, 0.3) is 0 Å². The minimum absolute atomic E-state index is 0. The molecule has 14 rings (SSSR count). The van der Waals surface area contributed by atoms with Gasteiger partial charge in [0, 0.05) is 59.7 Å². The highest BCUT2D eigenvalue weighted by Gasteiger charge is 2.49. The van der Waals surface area contributed by atoms with Gasteiger partial charge in [-0.05, 0) is 169 Å². The number of fused-ring (bicyclic) bond motifs is 4. The number of benzene rings is 8. The highest BCUT2D eigenvalue weighted by Crippen LogP contribution is 2.39. The number of anilines is 4. The molecular weight excluding hydrogens is 1650 g/mol. The van der Waals surface area contributed by atoms with Crippen LogP contribution in [0.3, 0.4) is 0 Å². The van der Waals surface area contributed by atoms with Gasteiger partial charge in [0.1, 0.15) is 53.2 Å². The number of nitrogens with one attached hydrogen (secondary N) is 3. The molecule has 662 valence electrons. The highest BCUT2D eigenvalue weighted by molar-refractivity contribution is 7.59. The fourth-order valence-corrected chi connectivity index (χ4v) is 16.4. The zero-order valence-corrected chi connectivity index (χ0v) is 74.8. The van der Waals surface area contributed by atoms with Crippen LogP contribution in [-0.4, -0.2) is 156 Å². The maximum Gasteiger partial charge on any atom is 0.411 e. The summed E-state index contributed by atoms with van der Waals surface area (Å²) in [6.07, 6.45) is 4.73. The summed E-state index contributed by atoms with van der Waals surface area (Å²) in [5.41, 5.74) is 10.7. The number of rotatable bonds is 25. The smallest absolute Gasteiger partial charge is 0.411 e. The Balaban J connectivity index is 0.000000253. The lowest BCUT2D eigenvalue weighted by atomic mass is 9.96. The molecule has 0 saturated carbocycles. The van der Waals surface area contributed by atoms with Gasteiger partial charge in [0.25, 0.3) is 0 Å². The first-order valence-electron chi connectivity index (χ1n) is 41.1. The SMILES string of the molecule is C.C=C1OC(c2ccccc2)CC1N[C@H]1CCc2ccccc2N(CC(C)=O)C1=O.CC(=O)CN1C(=O)[C@@H](NC(C)CC(=O)c2ccccc2)CCc2ccccc21.CC(=O)CN1C(=O)[C@@H](NC(C)CC(O)c2ccccc2)CCc2ccccc21.CCOC(=O)C1CC(c2ccccc2)OC(=O)N1[C@H]1CCc2ccccc2N(CC(C)=O)C1=O.S.S.S.S. The van der Waals surface area contributed by atoms with Gasteiger partial charge < -0.3 is 49.6 Å². The average Bonchev–Trinajstić information content (AvgIpc) is 1.57. The van der Waals surface area contributed by atoms with E-state index in [4.69, 9.17) is 14.2 Å². The summed E-state index contributed by atoms with van der Waals surface area (Å²) < 4.78 is 17.0. The standard InChI is InChI=1S/C26H28N2O6.C24H26N2O3.C23H28N2O3.C23H26N2O3.CH4.4H2S/c1-3-33-25(31)22-15-23(19-10-5-4-6-11-19)34-26(32)28(22)21-14-13-18-9-7-8-12-20(18)27(24(21)30)16-17(2)29;1-16(27)15-26-22-11-7-6-8-18(22)12-13-20(24(26)28)25-21-14-23(29-17(21)2)19-9-4-3-5-10-19;2*1-16(14-22(27)19-9-4-3-5-10-19)24-20-13-12-18-8-6-7-11-21(18)25(23(20)28)15-17(2)26;;;;;/h4-12,21-23H,3,13-16H2,1-2H3;3-11,20-21,23,25H,2,12-15H2,1H3;3-11,16,20,22,24,27H,12-15H2,1-2H3;3-11,16,20,24H,12-15H2,1-2H3;1H4;4*1H2/t21-,22?,23?;20-,21?,23?;16?,20-,22?;16?,20-;;;;;/m0000...../s1. The molecule has 124 heavy (non-hydrogen) atoms. The average molecular weight is 1770 g/mol. The van der Waals surface area contributed by atoms with Crippen molar-refractivity contribution in [2.75, 3.05) is 52.4 Å². The van der Waals surface area contributed by atoms with E-state index >= 15 is 0 Å². The summed E-state index contributed by atoms with van der Waals surface area (Å²) in [5.74, 6) is -0.869. The number of hydrogen-bond acceptors (Lipinski definition) is 18. The fraction of sp³-hybridized carbons (Fsp3) is 0.371. The van der Waals surface area contributed by atoms with Crippen molar-refractivity contribution in [2.45, 2.75) is 200 Å². The normalized spacial score (nSPS) is 20.0. The van der Waals surface area contributed by atoms with E-state index in [0.29, 0.717) is 62.0 Å². The molecule has 2 fully saturated rings. The fourth-order valence-electron chi connectivity index (χ4n) is 16.4. The van der Waals surface area contributed by atoms with Crippen molar-refractivity contribution in [3.05, 3.63) is 275 Å². The molecule has 0 radical (unpaired) electrons. The maximum absolute atomic E-state index is 13.7. The van der Waals surface area contributed by atoms with E-state index in [1.807, 2.05) is 208 Å². The molecule has 6 heterocycles. The van der Waals surface area contributed by atoms with Crippen molar-refractivity contribution < 1.29 is 72.1 Å². The molecule has 4 N–H and O–H groups in total. The van der Waals surface area contributed by atoms with Crippen LogP contribution >= 0.6 is 54.0 Å².